The van der Waals surface area contributed by atoms with E-state index in [1.807, 2.05) is 72.3 Å². The van der Waals surface area contributed by atoms with Gasteiger partial charge in [-0.1, -0.05) is 18.2 Å². The summed E-state index contributed by atoms with van der Waals surface area (Å²) in [5, 5.41) is 28.5. The maximum Gasteiger partial charge on any atom is 0.145 e. The van der Waals surface area contributed by atoms with Crippen molar-refractivity contribution in [1.29, 1.82) is 0 Å². The summed E-state index contributed by atoms with van der Waals surface area (Å²) >= 11 is 0. The first kappa shape index (κ1) is 31.4. The Labute approximate surface area is 293 Å². The first-order valence-electron chi connectivity index (χ1n) is 16.4. The number of hydrogen-bond acceptors (Lipinski definition) is 9. The SMILES string of the molecule is COc1cccc(Nc2ncnc3c2cc(-c2ccc(O)cc2)n3CCc2cccc(Nc3ncnc4c3cc(-c3ccc(O)cc3)n4C)c2)c1. The Morgan fingerprint density at radius 3 is 1.86 bits per heavy atom. The predicted molar refractivity (Wildman–Crippen MR) is 200 cm³/mol. The molecule has 11 nitrogen and oxygen atoms in total. The van der Waals surface area contributed by atoms with Crippen LogP contribution in [0.5, 0.6) is 17.2 Å². The number of rotatable bonds is 10. The summed E-state index contributed by atoms with van der Waals surface area (Å²) in [6.45, 7) is 0.644. The summed E-state index contributed by atoms with van der Waals surface area (Å²) in [7, 11) is 3.62. The van der Waals surface area contributed by atoms with Gasteiger partial charge in [-0.05, 0) is 108 Å². The zero-order valence-corrected chi connectivity index (χ0v) is 27.9. The number of nitrogens with one attached hydrogen (secondary N) is 2. The molecule has 0 radical (unpaired) electrons. The highest BCUT2D eigenvalue weighted by atomic mass is 16.5. The van der Waals surface area contributed by atoms with E-state index >= 15 is 0 Å². The minimum absolute atomic E-state index is 0.207. The van der Waals surface area contributed by atoms with Gasteiger partial charge in [0, 0.05) is 31.0 Å². The monoisotopic (exact) mass is 674 g/mol. The van der Waals surface area contributed by atoms with Gasteiger partial charge in [-0.15, -0.1) is 0 Å². The highest BCUT2D eigenvalue weighted by Crippen LogP contribution is 2.34. The van der Waals surface area contributed by atoms with Crippen molar-refractivity contribution in [3.8, 4) is 39.8 Å². The van der Waals surface area contributed by atoms with Crippen LogP contribution in [0.15, 0.2) is 122 Å². The predicted octanol–water partition coefficient (Wildman–Crippen LogP) is 8.20. The van der Waals surface area contributed by atoms with E-state index in [0.717, 1.165) is 73.7 Å². The number of fused-ring (bicyclic) bond motifs is 2. The van der Waals surface area contributed by atoms with E-state index in [0.29, 0.717) is 18.2 Å². The molecule has 0 atom stereocenters. The molecule has 4 heterocycles. The summed E-state index contributed by atoms with van der Waals surface area (Å²) in [5.41, 5.74) is 8.35. The van der Waals surface area contributed by atoms with Crippen LogP contribution in [0.1, 0.15) is 5.56 Å². The molecular weight excluding hydrogens is 640 g/mol. The van der Waals surface area contributed by atoms with Crippen molar-refractivity contribution in [2.75, 3.05) is 17.7 Å². The van der Waals surface area contributed by atoms with Gasteiger partial charge in [-0.2, -0.15) is 0 Å². The second kappa shape index (κ2) is 13.2. The van der Waals surface area contributed by atoms with Crippen molar-refractivity contribution in [2.24, 2.45) is 7.05 Å². The third kappa shape index (κ3) is 6.24. The summed E-state index contributed by atoms with van der Waals surface area (Å²) in [5.74, 6) is 2.57. The largest absolute Gasteiger partial charge is 0.508 e. The number of aryl methyl sites for hydroxylation is 3. The standard InChI is InChI=1S/C40H34N8O3/c1-47-35(26-9-13-30(49)14-10-26)21-33-37(41-23-43-39(33)47)45-28-6-3-5-25(19-28)17-18-48-36(27-11-15-31(50)16-12-27)22-34-38(42-24-44-40(34)48)46-29-7-4-8-32(20-29)51-2/h3-16,19-24,49-50H,17-18H2,1-2H3,(H,41,43,45)(H,42,44,46). The number of phenolic OH excluding ortho intramolecular Hbond substituents is 2. The zero-order valence-electron chi connectivity index (χ0n) is 27.9. The number of hydrogen-bond donors (Lipinski definition) is 4. The van der Waals surface area contributed by atoms with E-state index in [2.05, 4.69) is 54.4 Å². The van der Waals surface area contributed by atoms with Gasteiger partial charge in [-0.25, -0.2) is 19.9 Å². The Morgan fingerprint density at radius 1 is 0.627 bits per heavy atom. The van der Waals surface area contributed by atoms with Gasteiger partial charge in [0.25, 0.3) is 0 Å². The molecule has 11 heteroatoms. The van der Waals surface area contributed by atoms with Gasteiger partial charge in [0.2, 0.25) is 0 Å². The topological polar surface area (TPSA) is 135 Å². The van der Waals surface area contributed by atoms with Crippen molar-refractivity contribution in [3.63, 3.8) is 0 Å². The van der Waals surface area contributed by atoms with Crippen LogP contribution in [0.2, 0.25) is 0 Å². The van der Waals surface area contributed by atoms with E-state index in [1.165, 1.54) is 0 Å². The van der Waals surface area contributed by atoms with Gasteiger partial charge in [-0.3, -0.25) is 0 Å². The summed E-state index contributed by atoms with van der Waals surface area (Å²) in [6, 6.07) is 34.5. The molecular formula is C40H34N8O3. The number of aromatic nitrogens is 6. The third-order valence-corrected chi connectivity index (χ3v) is 8.99. The highest BCUT2D eigenvalue weighted by molar-refractivity contribution is 5.95. The van der Waals surface area contributed by atoms with Crippen molar-refractivity contribution in [1.82, 2.24) is 29.1 Å². The van der Waals surface area contributed by atoms with E-state index < -0.39 is 0 Å². The van der Waals surface area contributed by atoms with Gasteiger partial charge in [0.05, 0.1) is 29.3 Å². The quantitative estimate of drug-likeness (QED) is 0.113. The molecule has 0 saturated heterocycles. The lowest BCUT2D eigenvalue weighted by Crippen LogP contribution is -2.05. The Kier molecular flexibility index (Phi) is 8.13. The van der Waals surface area contributed by atoms with Crippen LogP contribution in [0.3, 0.4) is 0 Å². The molecule has 0 bridgehead atoms. The maximum absolute atomic E-state index is 10.0. The first-order chi connectivity index (χ1) is 24.9. The van der Waals surface area contributed by atoms with Crippen LogP contribution in [0.25, 0.3) is 44.6 Å². The fourth-order valence-electron chi connectivity index (χ4n) is 6.42. The van der Waals surface area contributed by atoms with Crippen LogP contribution in [0.4, 0.5) is 23.0 Å². The maximum atomic E-state index is 10.0. The van der Waals surface area contributed by atoms with E-state index in [4.69, 9.17) is 9.72 Å². The molecule has 4 aromatic heterocycles. The summed E-state index contributed by atoms with van der Waals surface area (Å²) < 4.78 is 9.64. The number of anilines is 4. The molecule has 4 N–H and O–H groups in total. The minimum Gasteiger partial charge on any atom is -0.508 e. The van der Waals surface area contributed by atoms with Crippen LogP contribution in [-0.4, -0.2) is 46.4 Å². The molecule has 4 aromatic carbocycles. The Morgan fingerprint density at radius 2 is 1.20 bits per heavy atom. The summed E-state index contributed by atoms with van der Waals surface area (Å²) in [6.07, 6.45) is 3.87. The van der Waals surface area contributed by atoms with Crippen LogP contribution < -0.4 is 15.4 Å². The molecule has 0 aliphatic rings. The normalized spacial score (nSPS) is 11.3. The molecule has 0 aliphatic carbocycles. The molecule has 0 unspecified atom stereocenters. The average Bonchev–Trinajstić information content (AvgIpc) is 3.70. The number of nitrogens with zero attached hydrogens (tertiary/aromatic N) is 6. The van der Waals surface area contributed by atoms with Crippen molar-refractivity contribution < 1.29 is 14.9 Å². The fourth-order valence-corrected chi connectivity index (χ4v) is 6.42. The second-order valence-corrected chi connectivity index (χ2v) is 12.2. The van der Waals surface area contributed by atoms with E-state index in [9.17, 15) is 10.2 Å². The molecule has 0 aliphatic heterocycles. The lowest BCUT2D eigenvalue weighted by atomic mass is 10.1. The zero-order chi connectivity index (χ0) is 34.9. The van der Waals surface area contributed by atoms with Gasteiger partial charge in [0.1, 0.15) is 52.8 Å². The second-order valence-electron chi connectivity index (χ2n) is 12.2. The van der Waals surface area contributed by atoms with Crippen molar-refractivity contribution in [2.45, 2.75) is 13.0 Å². The molecule has 51 heavy (non-hydrogen) atoms. The molecule has 8 aromatic rings. The van der Waals surface area contributed by atoms with Crippen molar-refractivity contribution >= 4 is 45.1 Å². The van der Waals surface area contributed by atoms with Gasteiger partial charge >= 0.3 is 0 Å². The number of methoxy groups -OCH3 is 1. The lowest BCUT2D eigenvalue weighted by Gasteiger charge is -2.13. The average molecular weight is 675 g/mol. The van der Waals surface area contributed by atoms with E-state index in [-0.39, 0.29) is 11.5 Å². The first-order valence-corrected chi connectivity index (χ1v) is 16.4. The number of aromatic hydroxyl groups is 2. The fraction of sp³-hybridized carbons (Fsp3) is 0.100. The van der Waals surface area contributed by atoms with Crippen LogP contribution in [-0.2, 0) is 20.0 Å². The highest BCUT2D eigenvalue weighted by Gasteiger charge is 2.17. The Balaban J connectivity index is 1.09. The number of phenols is 2. The lowest BCUT2D eigenvalue weighted by molar-refractivity contribution is 0.415. The molecule has 252 valence electrons. The Bertz CT molecular complexity index is 2510. The minimum atomic E-state index is 0.207. The smallest absolute Gasteiger partial charge is 0.145 e. The third-order valence-electron chi connectivity index (χ3n) is 8.99. The van der Waals surface area contributed by atoms with Gasteiger partial charge < -0.3 is 34.7 Å². The van der Waals surface area contributed by atoms with Crippen molar-refractivity contribution in [3.05, 3.63) is 127 Å². The van der Waals surface area contributed by atoms with Gasteiger partial charge in [0.15, 0.2) is 0 Å². The Hall–Kier alpha value is -6.88. The molecule has 0 spiro atoms. The van der Waals surface area contributed by atoms with Crippen LogP contribution in [0, 0.1) is 0 Å². The summed E-state index contributed by atoms with van der Waals surface area (Å²) in [4.78, 5) is 18.5. The molecule has 0 amide bonds. The number of benzene rings is 4. The van der Waals surface area contributed by atoms with E-state index in [1.54, 1.807) is 44.0 Å². The molecule has 0 fully saturated rings. The van der Waals surface area contributed by atoms with Crippen LogP contribution >= 0.6 is 0 Å². The molecule has 8 rings (SSSR count). The molecule has 0 saturated carbocycles. The number of ether oxygens (including phenoxy) is 1.